The van der Waals surface area contributed by atoms with E-state index in [0.717, 1.165) is 122 Å². The molecule has 1 N–H and O–H groups in total. The normalized spacial score (nSPS) is 17.8. The lowest BCUT2D eigenvalue weighted by molar-refractivity contribution is 0.0413. The molecule has 0 aromatic heterocycles. The second-order valence-corrected chi connectivity index (χ2v) is 16.2. The third-order valence-corrected chi connectivity index (χ3v) is 11.2. The van der Waals surface area contributed by atoms with Crippen molar-refractivity contribution in [3.63, 3.8) is 0 Å². The van der Waals surface area contributed by atoms with E-state index in [1.54, 1.807) is 0 Å². The first-order valence-electron chi connectivity index (χ1n) is 20.8. The van der Waals surface area contributed by atoms with Crippen molar-refractivity contribution in [2.24, 2.45) is 11.8 Å². The summed E-state index contributed by atoms with van der Waals surface area (Å²) in [5.74, 6) is 4.38. The maximum atomic E-state index is 13.6. The quantitative estimate of drug-likeness (QED) is 0.121. The van der Waals surface area contributed by atoms with Gasteiger partial charge in [0.05, 0.1) is 26.4 Å². The fourth-order valence-electron chi connectivity index (χ4n) is 7.48. The predicted molar refractivity (Wildman–Crippen MR) is 224 cm³/mol. The van der Waals surface area contributed by atoms with Crippen LogP contribution in [0, 0.1) is 23.5 Å². The number of nitrogens with one attached hydrogen (secondary N) is 1. The fourth-order valence-corrected chi connectivity index (χ4v) is 7.48. The molecule has 10 heteroatoms. The van der Waals surface area contributed by atoms with Gasteiger partial charge in [0.15, 0.2) is 0 Å². The Balaban J connectivity index is 0.000000162. The summed E-state index contributed by atoms with van der Waals surface area (Å²) >= 11 is 0. The van der Waals surface area contributed by atoms with E-state index in [-0.39, 0.29) is 11.6 Å². The van der Waals surface area contributed by atoms with Crippen LogP contribution in [0.1, 0.15) is 47.9 Å². The number of fused-ring (bicyclic) bond motifs is 2. The van der Waals surface area contributed by atoms with Gasteiger partial charge in [-0.1, -0.05) is 24.3 Å². The summed E-state index contributed by atoms with van der Waals surface area (Å²) in [6.07, 6.45) is 5.05. The van der Waals surface area contributed by atoms with E-state index in [1.165, 1.54) is 61.1 Å². The van der Waals surface area contributed by atoms with Crippen LogP contribution in [0.25, 0.3) is 11.1 Å². The Labute approximate surface area is 341 Å². The number of morpholine rings is 1. The molecule has 2 saturated carbocycles. The Morgan fingerprint density at radius 3 is 1.67 bits per heavy atom. The maximum Gasteiger partial charge on any atom is 0.127 e. The number of halogens is 2. The Kier molecular flexibility index (Phi) is 13.0. The highest BCUT2D eigenvalue weighted by atomic mass is 19.1. The highest BCUT2D eigenvalue weighted by Gasteiger charge is 2.27. The third-order valence-electron chi connectivity index (χ3n) is 11.2. The number of hydrogen-bond acceptors (Lipinski definition) is 8. The van der Waals surface area contributed by atoms with Crippen LogP contribution < -0.4 is 24.3 Å². The Bertz CT molecular complexity index is 2070. The first kappa shape index (κ1) is 40.1. The molecule has 0 spiro atoms. The second-order valence-electron chi connectivity index (χ2n) is 16.2. The van der Waals surface area contributed by atoms with Gasteiger partial charge in [0.1, 0.15) is 47.8 Å². The minimum atomic E-state index is -0.228. The number of ether oxygens (including phenoxy) is 5. The maximum absolute atomic E-state index is 13.6. The summed E-state index contributed by atoms with van der Waals surface area (Å²) in [7, 11) is 4.13. The van der Waals surface area contributed by atoms with E-state index in [2.05, 4.69) is 41.3 Å². The van der Waals surface area contributed by atoms with Crippen molar-refractivity contribution in [2.75, 3.05) is 93.0 Å². The van der Waals surface area contributed by atoms with Crippen molar-refractivity contribution in [3.8, 4) is 23.0 Å². The average Bonchev–Trinajstić information content (AvgIpc) is 4.19. The van der Waals surface area contributed by atoms with Gasteiger partial charge in [0.25, 0.3) is 0 Å². The van der Waals surface area contributed by atoms with Gasteiger partial charge in [0.2, 0.25) is 0 Å². The van der Waals surface area contributed by atoms with Gasteiger partial charge in [0, 0.05) is 50.4 Å². The van der Waals surface area contributed by atoms with Crippen LogP contribution in [0.5, 0.6) is 23.0 Å². The van der Waals surface area contributed by atoms with Gasteiger partial charge in [-0.05, 0) is 146 Å². The van der Waals surface area contributed by atoms with Gasteiger partial charge in [-0.25, -0.2) is 8.78 Å². The number of benzene rings is 4. The van der Waals surface area contributed by atoms with Crippen LogP contribution in [-0.4, -0.2) is 103 Å². The van der Waals surface area contributed by atoms with Crippen molar-refractivity contribution in [1.82, 2.24) is 15.1 Å². The Morgan fingerprint density at radius 2 is 1.17 bits per heavy atom. The largest absolute Gasteiger partial charge is 0.493 e. The topological polar surface area (TPSA) is 64.7 Å². The molecule has 0 atom stereocenters. The number of hydrogen-bond donors (Lipinski definition) is 1. The smallest absolute Gasteiger partial charge is 0.127 e. The standard InChI is InChI=1S/C24H29FN2O2.C24H26FNO3/c1-27(2)12-11-26-14-19-16-29-23-10-9-21(28-15-17-3-4-17)13-22(23)24(19)18-5-7-20(25)8-6-18;25-20-5-3-18(4-6-20)24-19(14-26-9-11-27-12-10-26)16-29-23-8-7-21(13-22(23)24)28-15-17-1-2-17/h5-10,13,17,26H,3-4,11-12,14-16H2,1-2H3;3-8,13,17H,1-2,9-12,14-16H2. The zero-order chi connectivity index (χ0) is 39.8. The van der Waals surface area contributed by atoms with Crippen molar-refractivity contribution >= 4 is 11.1 Å². The predicted octanol–water partition coefficient (Wildman–Crippen LogP) is 8.10. The molecule has 0 radical (unpaired) electrons. The summed E-state index contributed by atoms with van der Waals surface area (Å²) in [6, 6.07) is 25.6. The lowest BCUT2D eigenvalue weighted by atomic mass is 9.90. The fraction of sp³-hybridized carbons (Fsp3) is 0.417. The molecule has 3 fully saturated rings. The third kappa shape index (κ3) is 10.7. The van der Waals surface area contributed by atoms with Gasteiger partial charge in [-0.3, -0.25) is 4.90 Å². The molecule has 5 aliphatic rings. The van der Waals surface area contributed by atoms with Crippen LogP contribution in [0.15, 0.2) is 96.1 Å². The van der Waals surface area contributed by atoms with Crippen molar-refractivity contribution < 1.29 is 32.5 Å². The van der Waals surface area contributed by atoms with E-state index >= 15 is 0 Å². The second kappa shape index (κ2) is 18.9. The summed E-state index contributed by atoms with van der Waals surface area (Å²) < 4.78 is 56.8. The highest BCUT2D eigenvalue weighted by Crippen LogP contribution is 2.42. The summed E-state index contributed by atoms with van der Waals surface area (Å²) in [6.45, 7) is 9.37. The van der Waals surface area contributed by atoms with Crippen molar-refractivity contribution in [1.29, 1.82) is 0 Å². The molecule has 2 aliphatic carbocycles. The van der Waals surface area contributed by atoms with E-state index in [1.807, 2.05) is 48.5 Å². The van der Waals surface area contributed by atoms with Crippen LogP contribution >= 0.6 is 0 Å². The lowest BCUT2D eigenvalue weighted by Gasteiger charge is -2.31. The van der Waals surface area contributed by atoms with Gasteiger partial charge >= 0.3 is 0 Å². The zero-order valence-corrected chi connectivity index (χ0v) is 33.7. The number of rotatable bonds is 15. The molecular weight excluding hydrogens is 737 g/mol. The molecule has 4 aromatic rings. The molecule has 8 nitrogen and oxygen atoms in total. The molecule has 4 aromatic carbocycles. The minimum Gasteiger partial charge on any atom is -0.493 e. The molecule has 9 rings (SSSR count). The van der Waals surface area contributed by atoms with Crippen molar-refractivity contribution in [2.45, 2.75) is 25.7 Å². The van der Waals surface area contributed by atoms with Crippen LogP contribution in [0.3, 0.4) is 0 Å². The van der Waals surface area contributed by atoms with E-state index in [0.29, 0.717) is 25.0 Å². The molecule has 3 heterocycles. The van der Waals surface area contributed by atoms with Crippen LogP contribution in [0.2, 0.25) is 0 Å². The van der Waals surface area contributed by atoms with E-state index in [9.17, 15) is 8.78 Å². The highest BCUT2D eigenvalue weighted by molar-refractivity contribution is 5.88. The van der Waals surface area contributed by atoms with Gasteiger partial charge < -0.3 is 33.9 Å². The molecule has 0 unspecified atom stereocenters. The number of likely N-dealkylation sites (N-methyl/N-ethyl adjacent to an activating group) is 1. The molecule has 0 amide bonds. The molecular formula is C48H55F2N3O5. The summed E-state index contributed by atoms with van der Waals surface area (Å²) in [5.41, 5.74) is 8.68. The molecule has 3 aliphatic heterocycles. The minimum absolute atomic E-state index is 0.224. The zero-order valence-electron chi connectivity index (χ0n) is 33.7. The summed E-state index contributed by atoms with van der Waals surface area (Å²) in [5, 5.41) is 3.51. The number of nitrogens with zero attached hydrogens (tertiary/aromatic N) is 2. The molecule has 1 saturated heterocycles. The first-order valence-corrected chi connectivity index (χ1v) is 20.8. The van der Waals surface area contributed by atoms with E-state index in [4.69, 9.17) is 23.7 Å². The molecule has 306 valence electrons. The lowest BCUT2D eigenvalue weighted by Crippen LogP contribution is -2.38. The Morgan fingerprint density at radius 1 is 0.672 bits per heavy atom. The van der Waals surface area contributed by atoms with Gasteiger partial charge in [-0.2, -0.15) is 0 Å². The van der Waals surface area contributed by atoms with Crippen LogP contribution in [0.4, 0.5) is 8.78 Å². The van der Waals surface area contributed by atoms with Crippen molar-refractivity contribution in [3.05, 3.63) is 130 Å². The SMILES string of the molecule is CN(C)CCNCC1=C(c2ccc(F)cc2)c2cc(OCC3CC3)ccc2OC1.Fc1ccc(C2=C(CN3CCOCC3)COc3ccc(OCC4CC4)cc32)cc1. The van der Waals surface area contributed by atoms with E-state index < -0.39 is 0 Å². The monoisotopic (exact) mass is 791 g/mol. The first-order chi connectivity index (χ1) is 28.4. The Hall–Kier alpha value is -4.74. The average molecular weight is 792 g/mol. The van der Waals surface area contributed by atoms with Gasteiger partial charge in [-0.15, -0.1) is 0 Å². The summed E-state index contributed by atoms with van der Waals surface area (Å²) in [4.78, 5) is 4.54. The van der Waals surface area contributed by atoms with Crippen LogP contribution in [-0.2, 0) is 4.74 Å². The molecule has 58 heavy (non-hydrogen) atoms. The molecule has 0 bridgehead atoms.